The first kappa shape index (κ1) is 21.1. The van der Waals surface area contributed by atoms with Crippen molar-refractivity contribution in [2.45, 2.75) is 45.4 Å². The van der Waals surface area contributed by atoms with Crippen LogP contribution in [0.15, 0.2) is 54.6 Å². The van der Waals surface area contributed by atoms with E-state index in [9.17, 15) is 9.65 Å². The Morgan fingerprint density at radius 2 is 1.70 bits per heavy atom. The van der Waals surface area contributed by atoms with Gasteiger partial charge in [0.05, 0.1) is 11.5 Å². The molecule has 27 heavy (non-hydrogen) atoms. The molecule has 0 spiro atoms. The van der Waals surface area contributed by atoms with E-state index < -0.39 is 5.41 Å². The van der Waals surface area contributed by atoms with Gasteiger partial charge in [-0.05, 0) is 49.9 Å². The highest BCUT2D eigenvalue weighted by molar-refractivity contribution is 5.34. The van der Waals surface area contributed by atoms with Crippen molar-refractivity contribution in [3.63, 3.8) is 0 Å². The second kappa shape index (κ2) is 10.2. The van der Waals surface area contributed by atoms with E-state index in [1.807, 2.05) is 26.0 Å². The lowest BCUT2D eigenvalue weighted by Crippen LogP contribution is -2.34. The molecular weight excluding hydrogens is 335 g/mol. The van der Waals surface area contributed by atoms with Crippen molar-refractivity contribution in [3.05, 3.63) is 71.5 Å². The number of nitriles is 1. The van der Waals surface area contributed by atoms with Gasteiger partial charge in [0, 0.05) is 12.1 Å². The molecule has 0 bridgehead atoms. The van der Waals surface area contributed by atoms with Crippen molar-refractivity contribution in [1.29, 1.82) is 5.26 Å². The van der Waals surface area contributed by atoms with E-state index >= 15 is 0 Å². The molecule has 1 atom stereocenters. The zero-order valence-electron chi connectivity index (χ0n) is 16.8. The molecule has 0 amide bonds. The standard InChI is InChI=1S/C24H31FN2/c1-4-27(18-15-21-11-6-5-7-12-21)17-10-16-24(19-26,20(2)3)22-13-8-9-14-23(22)25/h5-9,11-14,20H,4,10,15-18H2,1-3H3. The van der Waals surface area contributed by atoms with Crippen molar-refractivity contribution in [3.8, 4) is 6.07 Å². The van der Waals surface area contributed by atoms with Gasteiger partial charge in [-0.15, -0.1) is 0 Å². The normalized spacial score (nSPS) is 13.5. The maximum absolute atomic E-state index is 14.4. The number of hydrogen-bond acceptors (Lipinski definition) is 2. The van der Waals surface area contributed by atoms with E-state index in [2.05, 4.69) is 42.2 Å². The molecule has 0 saturated carbocycles. The van der Waals surface area contributed by atoms with Gasteiger partial charge in [0.25, 0.3) is 0 Å². The van der Waals surface area contributed by atoms with Gasteiger partial charge in [-0.25, -0.2) is 4.39 Å². The monoisotopic (exact) mass is 366 g/mol. The molecule has 0 radical (unpaired) electrons. The summed E-state index contributed by atoms with van der Waals surface area (Å²) in [5.74, 6) is -0.219. The number of likely N-dealkylation sites (N-methyl/N-ethyl adjacent to an activating group) is 1. The van der Waals surface area contributed by atoms with E-state index in [0.717, 1.165) is 32.5 Å². The lowest BCUT2D eigenvalue weighted by Gasteiger charge is -2.32. The van der Waals surface area contributed by atoms with E-state index in [4.69, 9.17) is 0 Å². The molecule has 0 aliphatic rings. The lowest BCUT2D eigenvalue weighted by atomic mass is 9.69. The van der Waals surface area contributed by atoms with Gasteiger partial charge >= 0.3 is 0 Å². The molecule has 2 aromatic rings. The van der Waals surface area contributed by atoms with Crippen molar-refractivity contribution in [1.82, 2.24) is 4.90 Å². The van der Waals surface area contributed by atoms with Crippen molar-refractivity contribution in [2.75, 3.05) is 19.6 Å². The molecule has 0 heterocycles. The minimum atomic E-state index is -0.774. The van der Waals surface area contributed by atoms with E-state index in [-0.39, 0.29) is 11.7 Å². The number of rotatable bonds is 10. The van der Waals surface area contributed by atoms with Crippen LogP contribution in [0.3, 0.4) is 0 Å². The van der Waals surface area contributed by atoms with Crippen molar-refractivity contribution in [2.24, 2.45) is 5.92 Å². The summed E-state index contributed by atoms with van der Waals surface area (Å²) in [5, 5.41) is 9.97. The summed E-state index contributed by atoms with van der Waals surface area (Å²) in [5.41, 5.74) is 1.11. The molecule has 144 valence electrons. The lowest BCUT2D eigenvalue weighted by molar-refractivity contribution is 0.262. The highest BCUT2D eigenvalue weighted by Crippen LogP contribution is 2.37. The van der Waals surface area contributed by atoms with Gasteiger partial charge in [-0.3, -0.25) is 0 Å². The Bertz CT molecular complexity index is 736. The van der Waals surface area contributed by atoms with Gasteiger partial charge in [0.15, 0.2) is 0 Å². The Morgan fingerprint density at radius 1 is 1.04 bits per heavy atom. The maximum atomic E-state index is 14.4. The fourth-order valence-electron chi connectivity index (χ4n) is 3.74. The molecule has 3 heteroatoms. The Kier molecular flexibility index (Phi) is 8.00. The van der Waals surface area contributed by atoms with Crippen LogP contribution < -0.4 is 0 Å². The van der Waals surface area contributed by atoms with Crippen LogP contribution in [-0.4, -0.2) is 24.5 Å². The van der Waals surface area contributed by atoms with Crippen LogP contribution in [-0.2, 0) is 11.8 Å². The highest BCUT2D eigenvalue weighted by atomic mass is 19.1. The summed E-state index contributed by atoms with van der Waals surface area (Å²) >= 11 is 0. The largest absolute Gasteiger partial charge is 0.303 e. The smallest absolute Gasteiger partial charge is 0.128 e. The number of nitrogens with zero attached hydrogens (tertiary/aromatic N) is 2. The summed E-state index contributed by atoms with van der Waals surface area (Å²) in [6, 6.07) is 19.7. The van der Waals surface area contributed by atoms with Crippen LogP contribution in [0.4, 0.5) is 4.39 Å². The van der Waals surface area contributed by atoms with E-state index in [1.165, 1.54) is 11.6 Å². The Morgan fingerprint density at radius 3 is 2.30 bits per heavy atom. The van der Waals surface area contributed by atoms with E-state index in [0.29, 0.717) is 12.0 Å². The first-order chi connectivity index (χ1) is 13.0. The van der Waals surface area contributed by atoms with Gasteiger partial charge in [0.2, 0.25) is 0 Å². The third kappa shape index (κ3) is 5.40. The van der Waals surface area contributed by atoms with Gasteiger partial charge in [-0.2, -0.15) is 5.26 Å². The molecule has 1 unspecified atom stereocenters. The fraction of sp³-hybridized carbons (Fsp3) is 0.458. The highest BCUT2D eigenvalue weighted by Gasteiger charge is 2.37. The molecule has 0 saturated heterocycles. The molecule has 0 aliphatic carbocycles. The summed E-state index contributed by atoms with van der Waals surface area (Å²) in [7, 11) is 0. The molecule has 0 aromatic heterocycles. The summed E-state index contributed by atoms with van der Waals surface area (Å²) in [6.45, 7) is 9.11. The molecule has 2 rings (SSSR count). The first-order valence-corrected chi connectivity index (χ1v) is 9.96. The van der Waals surface area contributed by atoms with E-state index in [1.54, 1.807) is 12.1 Å². The number of hydrogen-bond donors (Lipinski definition) is 0. The molecule has 2 aromatic carbocycles. The zero-order valence-corrected chi connectivity index (χ0v) is 16.8. The average molecular weight is 367 g/mol. The third-order valence-electron chi connectivity index (χ3n) is 5.59. The Hall–Kier alpha value is -2.18. The van der Waals surface area contributed by atoms with Crippen molar-refractivity contribution < 1.29 is 4.39 Å². The number of halogens is 1. The summed E-state index contributed by atoms with van der Waals surface area (Å²) in [6.07, 6.45) is 2.57. The molecule has 2 nitrogen and oxygen atoms in total. The maximum Gasteiger partial charge on any atom is 0.128 e. The predicted molar refractivity (Wildman–Crippen MR) is 110 cm³/mol. The third-order valence-corrected chi connectivity index (χ3v) is 5.59. The Balaban J connectivity index is 2.00. The van der Waals surface area contributed by atoms with Gasteiger partial charge in [-0.1, -0.05) is 69.3 Å². The minimum absolute atomic E-state index is 0.0544. The van der Waals surface area contributed by atoms with Crippen molar-refractivity contribution >= 4 is 0 Å². The van der Waals surface area contributed by atoms with Gasteiger partial charge < -0.3 is 4.90 Å². The van der Waals surface area contributed by atoms with Crippen LogP contribution in [0.2, 0.25) is 0 Å². The minimum Gasteiger partial charge on any atom is -0.303 e. The second-order valence-corrected chi connectivity index (χ2v) is 7.49. The van der Waals surface area contributed by atoms with Crippen LogP contribution >= 0.6 is 0 Å². The topological polar surface area (TPSA) is 27.0 Å². The molecule has 0 fully saturated rings. The van der Waals surface area contributed by atoms with Crippen LogP contribution in [0, 0.1) is 23.1 Å². The fourth-order valence-corrected chi connectivity index (χ4v) is 3.74. The molecule has 0 N–H and O–H groups in total. The van der Waals surface area contributed by atoms with Crippen LogP contribution in [0.1, 0.15) is 44.7 Å². The summed E-state index contributed by atoms with van der Waals surface area (Å²) < 4.78 is 14.4. The van der Waals surface area contributed by atoms with Crippen LogP contribution in [0.25, 0.3) is 0 Å². The zero-order chi connectivity index (χ0) is 19.7. The second-order valence-electron chi connectivity index (χ2n) is 7.49. The summed E-state index contributed by atoms with van der Waals surface area (Å²) in [4.78, 5) is 2.41. The SMILES string of the molecule is CCN(CCCC(C#N)(c1ccccc1F)C(C)C)CCc1ccccc1. The van der Waals surface area contributed by atoms with Crippen LogP contribution in [0.5, 0.6) is 0 Å². The quantitative estimate of drug-likeness (QED) is 0.548. The Labute approximate surface area is 163 Å². The predicted octanol–water partition coefficient (Wildman–Crippen LogP) is 5.59. The average Bonchev–Trinajstić information content (AvgIpc) is 2.69. The number of benzene rings is 2. The van der Waals surface area contributed by atoms with Gasteiger partial charge in [0.1, 0.15) is 5.82 Å². The first-order valence-electron chi connectivity index (χ1n) is 9.96. The molecule has 0 aliphatic heterocycles. The molecular formula is C24H31FN2.